The predicted octanol–water partition coefficient (Wildman–Crippen LogP) is 5.13. The molecular weight excluding hydrogens is 414 g/mol. The number of nitrogens with one attached hydrogen (secondary N) is 1. The SMILES string of the molecule is CCc1ccc(F)cc1C(C)(C)CC(O)(CNc1ccc2c(c1)COC2=O)C(F)(F)F. The molecule has 1 aliphatic heterocycles. The number of rotatable bonds is 7. The van der Waals surface area contributed by atoms with Crippen LogP contribution in [0.3, 0.4) is 0 Å². The van der Waals surface area contributed by atoms with Gasteiger partial charge in [-0.25, -0.2) is 9.18 Å². The zero-order valence-corrected chi connectivity index (χ0v) is 17.6. The van der Waals surface area contributed by atoms with Gasteiger partial charge < -0.3 is 15.2 Å². The van der Waals surface area contributed by atoms with E-state index in [1.807, 2.05) is 6.92 Å². The van der Waals surface area contributed by atoms with Gasteiger partial charge in [-0.1, -0.05) is 26.8 Å². The topological polar surface area (TPSA) is 58.6 Å². The van der Waals surface area contributed by atoms with Crippen molar-refractivity contribution in [3.8, 4) is 0 Å². The number of hydrogen-bond acceptors (Lipinski definition) is 4. The van der Waals surface area contributed by atoms with Crippen LogP contribution in [0, 0.1) is 5.82 Å². The Bertz CT molecular complexity index is 987. The third-order valence-corrected chi connectivity index (χ3v) is 5.71. The molecule has 0 amide bonds. The van der Waals surface area contributed by atoms with Gasteiger partial charge in [-0.05, 0) is 59.7 Å². The smallest absolute Gasteiger partial charge is 0.418 e. The van der Waals surface area contributed by atoms with Gasteiger partial charge in [0.05, 0.1) is 12.1 Å². The fraction of sp³-hybridized carbons (Fsp3) is 0.435. The Kier molecular flexibility index (Phi) is 6.06. The fourth-order valence-electron chi connectivity index (χ4n) is 4.07. The van der Waals surface area contributed by atoms with Gasteiger partial charge in [0.25, 0.3) is 0 Å². The van der Waals surface area contributed by atoms with Gasteiger partial charge in [0.2, 0.25) is 0 Å². The van der Waals surface area contributed by atoms with Gasteiger partial charge in [-0.15, -0.1) is 0 Å². The summed E-state index contributed by atoms with van der Waals surface area (Å²) in [5.74, 6) is -1.01. The summed E-state index contributed by atoms with van der Waals surface area (Å²) in [6, 6.07) is 8.55. The van der Waals surface area contributed by atoms with Gasteiger partial charge in [0.1, 0.15) is 12.4 Å². The molecule has 1 unspecified atom stereocenters. The number of esters is 1. The maximum absolute atomic E-state index is 14.0. The normalized spacial score (nSPS) is 15.9. The molecule has 0 radical (unpaired) electrons. The van der Waals surface area contributed by atoms with E-state index in [0.717, 1.165) is 5.56 Å². The highest BCUT2D eigenvalue weighted by Crippen LogP contribution is 2.42. The number of benzene rings is 2. The Morgan fingerprint density at radius 3 is 2.48 bits per heavy atom. The molecule has 0 fully saturated rings. The second kappa shape index (κ2) is 8.15. The molecule has 1 atom stereocenters. The van der Waals surface area contributed by atoms with Gasteiger partial charge in [-0.3, -0.25) is 0 Å². The first-order chi connectivity index (χ1) is 14.4. The van der Waals surface area contributed by atoms with Crippen molar-refractivity contribution in [2.24, 2.45) is 0 Å². The van der Waals surface area contributed by atoms with Crippen molar-refractivity contribution in [2.45, 2.75) is 57.4 Å². The minimum absolute atomic E-state index is 0.0552. The Labute approximate surface area is 178 Å². The van der Waals surface area contributed by atoms with E-state index >= 15 is 0 Å². The summed E-state index contributed by atoms with van der Waals surface area (Å²) < 4.78 is 60.6. The Balaban J connectivity index is 1.86. The quantitative estimate of drug-likeness (QED) is 0.464. The first-order valence-electron chi connectivity index (χ1n) is 9.98. The highest BCUT2D eigenvalue weighted by atomic mass is 19.4. The molecule has 0 bridgehead atoms. The fourth-order valence-corrected chi connectivity index (χ4v) is 4.07. The lowest BCUT2D eigenvalue weighted by molar-refractivity contribution is -0.260. The standard InChI is InChI=1S/C23H25F4NO3/c1-4-14-5-6-16(24)10-19(14)21(2,3)12-22(30,23(25,26)27)13-28-17-7-8-18-15(9-17)11-31-20(18)29/h5-10,28,30H,4,11-13H2,1-3H3. The lowest BCUT2D eigenvalue weighted by Gasteiger charge is -2.39. The molecule has 0 spiro atoms. The average Bonchev–Trinajstić information content (AvgIpc) is 3.05. The molecule has 0 saturated carbocycles. The lowest BCUT2D eigenvalue weighted by Crippen LogP contribution is -2.53. The number of aryl methyl sites for hydroxylation is 1. The molecule has 31 heavy (non-hydrogen) atoms. The number of ether oxygens (including phenoxy) is 1. The van der Waals surface area contributed by atoms with Crippen LogP contribution in [0.2, 0.25) is 0 Å². The lowest BCUT2D eigenvalue weighted by atomic mass is 9.73. The molecule has 1 aliphatic rings. The third kappa shape index (κ3) is 4.69. The maximum atomic E-state index is 14.0. The second-order valence-electron chi connectivity index (χ2n) is 8.55. The highest BCUT2D eigenvalue weighted by molar-refractivity contribution is 5.93. The number of carbonyl (C=O) groups excluding carboxylic acids is 1. The number of halogens is 4. The van der Waals surface area contributed by atoms with Crippen LogP contribution < -0.4 is 5.32 Å². The van der Waals surface area contributed by atoms with Gasteiger partial charge in [0, 0.05) is 11.3 Å². The van der Waals surface area contributed by atoms with E-state index in [9.17, 15) is 27.5 Å². The van der Waals surface area contributed by atoms with E-state index < -0.39 is 41.9 Å². The van der Waals surface area contributed by atoms with Gasteiger partial charge in [-0.2, -0.15) is 13.2 Å². The van der Waals surface area contributed by atoms with Crippen molar-refractivity contribution in [3.05, 3.63) is 64.5 Å². The van der Waals surface area contributed by atoms with Crippen molar-refractivity contribution < 1.29 is 32.2 Å². The van der Waals surface area contributed by atoms with E-state index in [4.69, 9.17) is 4.74 Å². The summed E-state index contributed by atoms with van der Waals surface area (Å²) >= 11 is 0. The number of alkyl halides is 3. The van der Waals surface area contributed by atoms with Crippen LogP contribution in [0.4, 0.5) is 23.2 Å². The molecule has 1 heterocycles. The summed E-state index contributed by atoms with van der Waals surface area (Å²) in [5, 5.41) is 13.4. The summed E-state index contributed by atoms with van der Waals surface area (Å²) in [5.41, 5.74) is -1.79. The van der Waals surface area contributed by atoms with Crippen molar-refractivity contribution in [1.29, 1.82) is 0 Å². The van der Waals surface area contributed by atoms with E-state index in [0.29, 0.717) is 28.8 Å². The van der Waals surface area contributed by atoms with Gasteiger partial charge >= 0.3 is 12.1 Å². The number of anilines is 1. The number of fused-ring (bicyclic) bond motifs is 1. The Hall–Kier alpha value is -2.61. The zero-order chi connectivity index (χ0) is 23.0. The van der Waals surface area contributed by atoms with Crippen LogP contribution in [0.25, 0.3) is 0 Å². The van der Waals surface area contributed by atoms with E-state index in [2.05, 4.69) is 5.32 Å². The predicted molar refractivity (Wildman–Crippen MR) is 108 cm³/mol. The maximum Gasteiger partial charge on any atom is 0.418 e. The van der Waals surface area contributed by atoms with Crippen LogP contribution in [-0.4, -0.2) is 29.4 Å². The Morgan fingerprint density at radius 2 is 1.84 bits per heavy atom. The van der Waals surface area contributed by atoms with Crippen molar-refractivity contribution in [2.75, 3.05) is 11.9 Å². The summed E-state index contributed by atoms with van der Waals surface area (Å²) in [6.45, 7) is 4.22. The molecule has 0 aliphatic carbocycles. The van der Waals surface area contributed by atoms with Crippen molar-refractivity contribution >= 4 is 11.7 Å². The molecule has 168 valence electrons. The second-order valence-corrected chi connectivity index (χ2v) is 8.55. The van der Waals surface area contributed by atoms with Gasteiger partial charge in [0.15, 0.2) is 5.60 Å². The number of cyclic esters (lactones) is 1. The molecule has 0 aromatic heterocycles. The third-order valence-electron chi connectivity index (χ3n) is 5.71. The monoisotopic (exact) mass is 439 g/mol. The summed E-state index contributed by atoms with van der Waals surface area (Å²) in [6.07, 6.45) is -5.07. The molecule has 2 aromatic rings. The van der Waals surface area contributed by atoms with Crippen LogP contribution in [0.1, 0.15) is 54.2 Å². The highest BCUT2D eigenvalue weighted by Gasteiger charge is 2.56. The molecule has 4 nitrogen and oxygen atoms in total. The number of carbonyl (C=O) groups is 1. The zero-order valence-electron chi connectivity index (χ0n) is 17.6. The van der Waals surface area contributed by atoms with Crippen LogP contribution in [0.5, 0.6) is 0 Å². The molecule has 8 heteroatoms. The molecular formula is C23H25F4NO3. The summed E-state index contributed by atoms with van der Waals surface area (Å²) in [7, 11) is 0. The van der Waals surface area contributed by atoms with E-state index in [1.54, 1.807) is 19.9 Å². The molecule has 0 saturated heterocycles. The first kappa shape index (κ1) is 23.1. The van der Waals surface area contributed by atoms with Crippen molar-refractivity contribution in [3.63, 3.8) is 0 Å². The molecule has 3 rings (SSSR count). The minimum Gasteiger partial charge on any atom is -0.457 e. The first-order valence-corrected chi connectivity index (χ1v) is 9.98. The van der Waals surface area contributed by atoms with Crippen molar-refractivity contribution in [1.82, 2.24) is 0 Å². The van der Waals surface area contributed by atoms with Crippen LogP contribution in [0.15, 0.2) is 36.4 Å². The van der Waals surface area contributed by atoms with E-state index in [1.165, 1.54) is 30.3 Å². The van der Waals surface area contributed by atoms with Crippen LogP contribution in [-0.2, 0) is 23.2 Å². The molecule has 2 aromatic carbocycles. The largest absolute Gasteiger partial charge is 0.457 e. The average molecular weight is 439 g/mol. The molecule has 2 N–H and O–H groups in total. The number of aliphatic hydroxyl groups is 1. The minimum atomic E-state index is -4.92. The van der Waals surface area contributed by atoms with Crippen LogP contribution >= 0.6 is 0 Å². The Morgan fingerprint density at radius 1 is 1.13 bits per heavy atom. The number of hydrogen-bond donors (Lipinski definition) is 2. The summed E-state index contributed by atoms with van der Waals surface area (Å²) in [4.78, 5) is 11.5. The van der Waals surface area contributed by atoms with E-state index in [-0.39, 0.29) is 6.61 Å².